The van der Waals surface area contributed by atoms with Crippen molar-refractivity contribution in [2.45, 2.75) is 31.8 Å². The van der Waals surface area contributed by atoms with Crippen molar-refractivity contribution in [3.05, 3.63) is 71.3 Å². The first-order valence-electron chi connectivity index (χ1n) is 8.40. The topological polar surface area (TPSA) is 49.4 Å². The van der Waals surface area contributed by atoms with Crippen LogP contribution in [-0.4, -0.2) is 28.5 Å². The Hall–Kier alpha value is -2.27. The smallest absolute Gasteiger partial charge is 0.251 e. The Morgan fingerprint density at radius 1 is 1.16 bits per heavy atom. The van der Waals surface area contributed by atoms with Crippen LogP contribution in [-0.2, 0) is 11.3 Å². The van der Waals surface area contributed by atoms with Crippen molar-refractivity contribution < 1.29 is 9.59 Å². The average Bonchev–Trinajstić information content (AvgIpc) is 2.96. The summed E-state index contributed by atoms with van der Waals surface area (Å²) in [7, 11) is 0. The molecule has 2 aromatic rings. The Kier molecular flexibility index (Phi) is 5.43. The highest BCUT2D eigenvalue weighted by atomic mass is 32.2. The van der Waals surface area contributed by atoms with E-state index in [1.165, 1.54) is 0 Å². The van der Waals surface area contributed by atoms with E-state index in [-0.39, 0.29) is 23.2 Å². The number of nitrogens with zero attached hydrogens (tertiary/aromatic N) is 1. The number of nitrogens with one attached hydrogen (secondary N) is 1. The van der Waals surface area contributed by atoms with Gasteiger partial charge in [0.25, 0.3) is 5.91 Å². The third-order valence-corrected chi connectivity index (χ3v) is 5.30. The molecule has 1 N–H and O–H groups in total. The number of thioether (sulfide) groups is 1. The van der Waals surface area contributed by atoms with E-state index in [0.717, 1.165) is 11.1 Å². The van der Waals surface area contributed by atoms with E-state index in [9.17, 15) is 9.59 Å². The van der Waals surface area contributed by atoms with Crippen molar-refractivity contribution in [2.24, 2.45) is 0 Å². The standard InChI is InChI=1S/C20H22N2O2S/c1-14(2)21-19(24)16-8-10-17(11-9-16)20-22(18(23)13-25-20)12-15-6-4-3-5-7-15/h3-11,14,20H,12-13H2,1-2H3,(H,21,24)/t20-/m0/s1. The second-order valence-electron chi connectivity index (χ2n) is 6.42. The predicted octanol–water partition coefficient (Wildman–Crippen LogP) is 3.60. The molecule has 1 aliphatic heterocycles. The summed E-state index contributed by atoms with van der Waals surface area (Å²) in [5, 5.41) is 2.88. The predicted molar refractivity (Wildman–Crippen MR) is 101 cm³/mol. The molecule has 0 radical (unpaired) electrons. The Balaban J connectivity index is 1.75. The van der Waals surface area contributed by atoms with Crippen LogP contribution in [0.1, 0.15) is 40.7 Å². The molecule has 2 amide bonds. The van der Waals surface area contributed by atoms with Gasteiger partial charge < -0.3 is 10.2 Å². The van der Waals surface area contributed by atoms with Gasteiger partial charge in [-0.3, -0.25) is 9.59 Å². The highest BCUT2D eigenvalue weighted by Crippen LogP contribution is 2.39. The first kappa shape index (κ1) is 17.5. The zero-order valence-electron chi connectivity index (χ0n) is 14.4. The summed E-state index contributed by atoms with van der Waals surface area (Å²) in [6.45, 7) is 4.48. The van der Waals surface area contributed by atoms with E-state index < -0.39 is 0 Å². The van der Waals surface area contributed by atoms with Gasteiger partial charge in [0, 0.05) is 18.2 Å². The minimum absolute atomic E-state index is 0.00471. The highest BCUT2D eigenvalue weighted by Gasteiger charge is 2.32. The molecule has 25 heavy (non-hydrogen) atoms. The molecule has 0 aliphatic carbocycles. The van der Waals surface area contributed by atoms with Gasteiger partial charge in [-0.25, -0.2) is 0 Å². The highest BCUT2D eigenvalue weighted by molar-refractivity contribution is 8.00. The maximum Gasteiger partial charge on any atom is 0.251 e. The molecule has 0 saturated carbocycles. The summed E-state index contributed by atoms with van der Waals surface area (Å²) in [5.74, 6) is 0.575. The van der Waals surface area contributed by atoms with Crippen LogP contribution in [0.5, 0.6) is 0 Å². The van der Waals surface area contributed by atoms with Crippen molar-refractivity contribution in [1.82, 2.24) is 10.2 Å². The van der Waals surface area contributed by atoms with Crippen molar-refractivity contribution in [3.8, 4) is 0 Å². The molecule has 3 rings (SSSR count). The zero-order chi connectivity index (χ0) is 17.8. The van der Waals surface area contributed by atoms with Crippen LogP contribution in [0.15, 0.2) is 54.6 Å². The van der Waals surface area contributed by atoms with Gasteiger partial charge in [-0.1, -0.05) is 42.5 Å². The summed E-state index contributed by atoms with van der Waals surface area (Å²) in [5.41, 5.74) is 2.81. The normalized spacial score (nSPS) is 17.2. The Bertz CT molecular complexity index is 744. The van der Waals surface area contributed by atoms with Gasteiger partial charge in [0.1, 0.15) is 5.37 Å². The van der Waals surface area contributed by atoms with E-state index in [2.05, 4.69) is 5.32 Å². The van der Waals surface area contributed by atoms with Gasteiger partial charge >= 0.3 is 0 Å². The van der Waals surface area contributed by atoms with Crippen LogP contribution in [0, 0.1) is 0 Å². The monoisotopic (exact) mass is 354 g/mol. The number of benzene rings is 2. The Morgan fingerprint density at radius 2 is 1.84 bits per heavy atom. The van der Waals surface area contributed by atoms with Gasteiger partial charge in [0.15, 0.2) is 0 Å². The van der Waals surface area contributed by atoms with Crippen LogP contribution in [0.25, 0.3) is 0 Å². The number of amides is 2. The fraction of sp³-hybridized carbons (Fsp3) is 0.300. The lowest BCUT2D eigenvalue weighted by atomic mass is 10.1. The fourth-order valence-electron chi connectivity index (χ4n) is 2.83. The molecule has 5 heteroatoms. The second-order valence-corrected chi connectivity index (χ2v) is 7.49. The van der Waals surface area contributed by atoms with Gasteiger partial charge in [-0.15, -0.1) is 11.8 Å². The van der Waals surface area contributed by atoms with E-state index in [4.69, 9.17) is 0 Å². The van der Waals surface area contributed by atoms with Crippen molar-refractivity contribution in [1.29, 1.82) is 0 Å². The summed E-state index contributed by atoms with van der Waals surface area (Å²) in [4.78, 5) is 26.3. The third kappa shape index (κ3) is 4.23. The SMILES string of the molecule is CC(C)NC(=O)c1ccc([C@@H]2SCC(=O)N2Cc2ccccc2)cc1. The first-order chi connectivity index (χ1) is 12.0. The molecular formula is C20H22N2O2S. The first-order valence-corrected chi connectivity index (χ1v) is 9.45. The van der Waals surface area contributed by atoms with Crippen LogP contribution in [0.4, 0.5) is 0 Å². The summed E-state index contributed by atoms with van der Waals surface area (Å²) >= 11 is 1.63. The Labute approximate surface area is 152 Å². The van der Waals surface area contributed by atoms with E-state index in [1.54, 1.807) is 11.8 Å². The van der Waals surface area contributed by atoms with Gasteiger partial charge in [-0.2, -0.15) is 0 Å². The van der Waals surface area contributed by atoms with Crippen molar-refractivity contribution in [2.75, 3.05) is 5.75 Å². The maximum atomic E-state index is 12.3. The van der Waals surface area contributed by atoms with Crippen molar-refractivity contribution >= 4 is 23.6 Å². The summed E-state index contributed by atoms with van der Waals surface area (Å²) in [6.07, 6.45) is 0. The molecule has 1 fully saturated rings. The molecule has 1 heterocycles. The molecule has 130 valence electrons. The molecule has 0 spiro atoms. The van der Waals surface area contributed by atoms with Crippen LogP contribution < -0.4 is 5.32 Å². The van der Waals surface area contributed by atoms with Gasteiger partial charge in [0.05, 0.1) is 5.75 Å². The minimum atomic E-state index is -0.0714. The van der Waals surface area contributed by atoms with E-state index >= 15 is 0 Å². The zero-order valence-corrected chi connectivity index (χ0v) is 15.3. The number of carbonyl (C=O) groups is 2. The number of carbonyl (C=O) groups excluding carboxylic acids is 2. The second kappa shape index (κ2) is 7.74. The molecule has 0 unspecified atom stereocenters. The lowest BCUT2D eigenvalue weighted by molar-refractivity contribution is -0.128. The molecule has 1 aliphatic rings. The van der Waals surface area contributed by atoms with Crippen LogP contribution in [0.2, 0.25) is 0 Å². The molecule has 2 aromatic carbocycles. The van der Waals surface area contributed by atoms with Crippen LogP contribution in [0.3, 0.4) is 0 Å². The summed E-state index contributed by atoms with van der Waals surface area (Å²) < 4.78 is 0. The van der Waals surface area contributed by atoms with Crippen molar-refractivity contribution in [3.63, 3.8) is 0 Å². The molecule has 0 aromatic heterocycles. The van der Waals surface area contributed by atoms with Gasteiger partial charge in [0.2, 0.25) is 5.91 Å². The van der Waals surface area contributed by atoms with E-state index in [1.807, 2.05) is 73.3 Å². The molecular weight excluding hydrogens is 332 g/mol. The largest absolute Gasteiger partial charge is 0.350 e. The minimum Gasteiger partial charge on any atom is -0.350 e. The lowest BCUT2D eigenvalue weighted by Gasteiger charge is -2.24. The molecule has 1 saturated heterocycles. The van der Waals surface area contributed by atoms with Crippen LogP contribution >= 0.6 is 11.8 Å². The number of rotatable bonds is 5. The third-order valence-electron chi connectivity index (χ3n) is 4.04. The fourth-order valence-corrected chi connectivity index (χ4v) is 4.01. The molecule has 0 bridgehead atoms. The average molecular weight is 354 g/mol. The molecule has 1 atom stereocenters. The lowest BCUT2D eigenvalue weighted by Crippen LogP contribution is -2.30. The number of hydrogen-bond acceptors (Lipinski definition) is 3. The Morgan fingerprint density at radius 3 is 2.48 bits per heavy atom. The molecule has 4 nitrogen and oxygen atoms in total. The van der Waals surface area contributed by atoms with Gasteiger partial charge in [-0.05, 0) is 37.1 Å². The van der Waals surface area contributed by atoms with E-state index in [0.29, 0.717) is 17.9 Å². The maximum absolute atomic E-state index is 12.3. The number of hydrogen-bond donors (Lipinski definition) is 1. The summed E-state index contributed by atoms with van der Waals surface area (Å²) in [6, 6.07) is 17.7. The quantitative estimate of drug-likeness (QED) is 0.892.